The molecule has 0 bridgehead atoms. The minimum atomic E-state index is -1.08. The van der Waals surface area contributed by atoms with Gasteiger partial charge in [-0.3, -0.25) is 5.10 Å². The lowest BCUT2D eigenvalue weighted by atomic mass is 10.0. The molecule has 1 aromatic carbocycles. The molecule has 31 heavy (non-hydrogen) atoms. The Balaban J connectivity index is 1.55. The van der Waals surface area contributed by atoms with Gasteiger partial charge < -0.3 is 10.4 Å². The number of aryl methyl sites for hydroxylation is 1. The fourth-order valence-electron chi connectivity index (χ4n) is 3.37. The van der Waals surface area contributed by atoms with E-state index >= 15 is 0 Å². The number of aromatic amines is 2. The first-order valence-corrected chi connectivity index (χ1v) is 9.30. The van der Waals surface area contributed by atoms with Crippen LogP contribution in [0.1, 0.15) is 19.5 Å². The molecule has 0 aliphatic carbocycles. The Hall–Kier alpha value is -4.26. The van der Waals surface area contributed by atoms with Crippen LogP contribution in [0.3, 0.4) is 0 Å². The lowest BCUT2D eigenvalue weighted by molar-refractivity contribution is 0.0753. The van der Waals surface area contributed by atoms with Crippen molar-refractivity contribution < 1.29 is 5.11 Å². The number of nitrogens with zero attached hydrogens (tertiary/aromatic N) is 7. The average molecular weight is 422 g/mol. The summed E-state index contributed by atoms with van der Waals surface area (Å²) in [6.07, 6.45) is 2.99. The van der Waals surface area contributed by atoms with E-state index in [1.54, 1.807) is 20.0 Å². The number of hydrogen-bond donors (Lipinski definition) is 4. The van der Waals surface area contributed by atoms with Gasteiger partial charge in [0, 0.05) is 30.5 Å². The molecule has 0 amide bonds. The van der Waals surface area contributed by atoms with Crippen molar-refractivity contribution >= 4 is 28.2 Å². The minimum absolute atomic E-state index is 0.0636. The molecule has 5 aromatic rings. The summed E-state index contributed by atoms with van der Waals surface area (Å²) in [5.74, 6) is 0.310. The number of fused-ring (bicyclic) bond motifs is 2. The normalized spacial score (nSPS) is 12.1. The molecular formula is C18H18N10O3. The van der Waals surface area contributed by atoms with Crippen LogP contribution in [0.15, 0.2) is 40.2 Å². The molecule has 0 spiro atoms. The molecule has 5 rings (SSSR count). The molecule has 4 N–H and O–H groups in total. The van der Waals surface area contributed by atoms with Crippen molar-refractivity contribution in [3.05, 3.63) is 57.3 Å². The second kappa shape index (κ2) is 6.37. The molecule has 0 aliphatic rings. The number of aliphatic hydroxyl groups is 1. The fraction of sp³-hybridized carbons (Fsp3) is 0.222. The van der Waals surface area contributed by atoms with Gasteiger partial charge in [0.1, 0.15) is 11.3 Å². The van der Waals surface area contributed by atoms with Gasteiger partial charge in [-0.05, 0) is 32.0 Å². The van der Waals surface area contributed by atoms with Crippen LogP contribution in [0, 0.1) is 0 Å². The van der Waals surface area contributed by atoms with Crippen LogP contribution < -0.4 is 16.7 Å². The van der Waals surface area contributed by atoms with Crippen LogP contribution in [0.25, 0.3) is 22.4 Å². The van der Waals surface area contributed by atoms with Crippen molar-refractivity contribution in [3.8, 4) is 5.82 Å². The maximum atomic E-state index is 12.3. The highest BCUT2D eigenvalue weighted by Crippen LogP contribution is 2.28. The van der Waals surface area contributed by atoms with Crippen LogP contribution >= 0.6 is 0 Å². The Morgan fingerprint density at radius 2 is 2.03 bits per heavy atom. The molecule has 0 saturated carbocycles. The molecule has 0 fully saturated rings. The van der Waals surface area contributed by atoms with Gasteiger partial charge >= 0.3 is 11.4 Å². The zero-order valence-electron chi connectivity index (χ0n) is 16.8. The predicted molar refractivity (Wildman–Crippen MR) is 111 cm³/mol. The van der Waals surface area contributed by atoms with Crippen molar-refractivity contribution in [3.63, 3.8) is 0 Å². The number of aromatic nitrogens is 9. The summed E-state index contributed by atoms with van der Waals surface area (Å²) < 4.78 is 3.37. The minimum Gasteiger partial charge on any atom is -0.384 e. The number of anilines is 2. The maximum Gasteiger partial charge on any atom is 0.352 e. The summed E-state index contributed by atoms with van der Waals surface area (Å²) in [6.45, 7) is 3.34. The van der Waals surface area contributed by atoms with Crippen LogP contribution in [0.2, 0.25) is 0 Å². The van der Waals surface area contributed by atoms with Crippen molar-refractivity contribution in [1.29, 1.82) is 0 Å². The molecular weight excluding hydrogens is 404 g/mol. The van der Waals surface area contributed by atoms with E-state index < -0.39 is 17.0 Å². The second-order valence-electron chi connectivity index (χ2n) is 7.56. The predicted octanol–water partition coefficient (Wildman–Crippen LogP) is 0.149. The van der Waals surface area contributed by atoms with Gasteiger partial charge in [0.2, 0.25) is 11.6 Å². The number of hydrogen-bond acceptors (Lipinski definition) is 8. The summed E-state index contributed by atoms with van der Waals surface area (Å²) >= 11 is 0. The third kappa shape index (κ3) is 2.98. The van der Waals surface area contributed by atoms with Gasteiger partial charge in [0.25, 0.3) is 0 Å². The molecule has 0 unspecified atom stereocenters. The van der Waals surface area contributed by atoms with Crippen molar-refractivity contribution in [2.75, 3.05) is 5.32 Å². The summed E-state index contributed by atoms with van der Waals surface area (Å²) in [5, 5.41) is 28.0. The van der Waals surface area contributed by atoms with Gasteiger partial charge in [0.05, 0.1) is 5.52 Å². The zero-order valence-corrected chi connectivity index (χ0v) is 16.8. The lowest BCUT2D eigenvalue weighted by Crippen LogP contribution is -2.27. The number of nitrogens with one attached hydrogen (secondary N) is 3. The number of benzene rings is 1. The lowest BCUT2D eigenvalue weighted by Gasteiger charge is -2.14. The SMILES string of the molecule is Cn1[nH]c(=O)n(-c2nccn3nc(Nc4ccc5c(C(C)(C)O)n[nH]c5c4)nc23)c1=O. The summed E-state index contributed by atoms with van der Waals surface area (Å²) in [6, 6.07) is 5.46. The monoisotopic (exact) mass is 422 g/mol. The highest BCUT2D eigenvalue weighted by Gasteiger charge is 2.22. The molecule has 0 aliphatic heterocycles. The average Bonchev–Trinajstić information content (AvgIpc) is 3.37. The summed E-state index contributed by atoms with van der Waals surface area (Å²) in [7, 11) is 1.44. The zero-order chi connectivity index (χ0) is 21.9. The molecule has 13 nitrogen and oxygen atoms in total. The molecule has 0 saturated heterocycles. The third-order valence-electron chi connectivity index (χ3n) is 4.79. The standard InChI is InChI=1S/C18H18N10O3/c1-18(2,31)12-10-5-4-9(8-11(10)22-23-12)20-15-21-14-13(19-6-7-27(14)24-15)28-16(29)25-26(3)17(28)30/h4-8,31H,1-3H3,(H,20,24)(H,22,23)(H,25,29). The summed E-state index contributed by atoms with van der Waals surface area (Å²) in [4.78, 5) is 33.0. The van der Waals surface area contributed by atoms with Crippen LogP contribution in [-0.2, 0) is 12.6 Å². The van der Waals surface area contributed by atoms with E-state index in [1.165, 1.54) is 17.8 Å². The molecule has 158 valence electrons. The van der Waals surface area contributed by atoms with E-state index in [2.05, 4.69) is 35.7 Å². The van der Waals surface area contributed by atoms with Gasteiger partial charge in [0.15, 0.2) is 5.82 Å². The largest absolute Gasteiger partial charge is 0.384 e. The van der Waals surface area contributed by atoms with Gasteiger partial charge in [-0.15, -0.1) is 5.10 Å². The van der Waals surface area contributed by atoms with E-state index in [1.807, 2.05) is 18.2 Å². The molecule has 4 aromatic heterocycles. The Morgan fingerprint density at radius 1 is 1.23 bits per heavy atom. The molecule has 13 heteroatoms. The number of rotatable bonds is 4. The van der Waals surface area contributed by atoms with Crippen molar-refractivity contribution in [2.45, 2.75) is 19.4 Å². The Labute approximate surface area is 173 Å². The van der Waals surface area contributed by atoms with Crippen LogP contribution in [-0.4, -0.2) is 49.2 Å². The first-order valence-electron chi connectivity index (χ1n) is 9.30. The molecule has 4 heterocycles. The van der Waals surface area contributed by atoms with Crippen molar-refractivity contribution in [2.24, 2.45) is 7.05 Å². The highest BCUT2D eigenvalue weighted by molar-refractivity contribution is 5.85. The highest BCUT2D eigenvalue weighted by atomic mass is 16.3. The first kappa shape index (κ1) is 18.7. The quantitative estimate of drug-likeness (QED) is 0.318. The summed E-state index contributed by atoms with van der Waals surface area (Å²) in [5.41, 5.74) is -0.0833. The van der Waals surface area contributed by atoms with Crippen molar-refractivity contribution in [1.82, 2.24) is 44.1 Å². The van der Waals surface area contributed by atoms with E-state index in [0.717, 1.165) is 20.2 Å². The topological polar surface area (TPSA) is 164 Å². The Bertz CT molecular complexity index is 1560. The maximum absolute atomic E-state index is 12.3. The van der Waals surface area contributed by atoms with Crippen LogP contribution in [0.4, 0.5) is 11.6 Å². The molecule has 0 atom stereocenters. The Morgan fingerprint density at radius 3 is 2.74 bits per heavy atom. The third-order valence-corrected chi connectivity index (χ3v) is 4.79. The van der Waals surface area contributed by atoms with E-state index in [-0.39, 0.29) is 17.4 Å². The Kier molecular flexibility index (Phi) is 3.85. The van der Waals surface area contributed by atoms with Crippen LogP contribution in [0.5, 0.6) is 0 Å². The van der Waals surface area contributed by atoms with E-state index in [0.29, 0.717) is 11.4 Å². The van der Waals surface area contributed by atoms with E-state index in [4.69, 9.17) is 0 Å². The second-order valence-corrected chi connectivity index (χ2v) is 7.56. The fourth-order valence-corrected chi connectivity index (χ4v) is 3.37. The van der Waals surface area contributed by atoms with E-state index in [9.17, 15) is 14.7 Å². The first-order chi connectivity index (χ1) is 14.7. The smallest absolute Gasteiger partial charge is 0.352 e. The molecule has 0 radical (unpaired) electrons. The van der Waals surface area contributed by atoms with Gasteiger partial charge in [-0.25, -0.2) is 28.9 Å². The number of H-pyrrole nitrogens is 2. The van der Waals surface area contributed by atoms with Gasteiger partial charge in [-0.1, -0.05) is 0 Å². The van der Waals surface area contributed by atoms with Gasteiger partial charge in [-0.2, -0.15) is 14.6 Å².